The zero-order chi connectivity index (χ0) is 20.0. The van der Waals surface area contributed by atoms with Gasteiger partial charge < -0.3 is 0 Å². The Hall–Kier alpha value is -1.69. The van der Waals surface area contributed by atoms with Gasteiger partial charge in [-0.05, 0) is 92.9 Å². The Bertz CT molecular complexity index is 686. The topological polar surface area (TPSA) is 0 Å². The first kappa shape index (κ1) is 21.0. The summed E-state index contributed by atoms with van der Waals surface area (Å²) in [7, 11) is 0. The van der Waals surface area contributed by atoms with Crippen molar-refractivity contribution < 1.29 is 13.2 Å². The van der Waals surface area contributed by atoms with E-state index >= 15 is 0 Å². The summed E-state index contributed by atoms with van der Waals surface area (Å²) in [5.74, 6) is 9.06. The fraction of sp³-hybridized carbons (Fsp3) is 0.600. The molecule has 0 aliphatic heterocycles. The van der Waals surface area contributed by atoms with Gasteiger partial charge in [-0.1, -0.05) is 43.4 Å². The molecular formula is C25H31F3. The first-order chi connectivity index (χ1) is 13.5. The highest BCUT2D eigenvalue weighted by Crippen LogP contribution is 2.37. The second-order valence-electron chi connectivity index (χ2n) is 8.51. The second kappa shape index (κ2) is 9.68. The van der Waals surface area contributed by atoms with E-state index in [0.717, 1.165) is 37.2 Å². The molecule has 0 atom stereocenters. The minimum atomic E-state index is -4.26. The van der Waals surface area contributed by atoms with E-state index in [9.17, 15) is 13.2 Å². The lowest BCUT2D eigenvalue weighted by Gasteiger charge is -2.26. The third-order valence-electron chi connectivity index (χ3n) is 6.64. The van der Waals surface area contributed by atoms with Gasteiger partial charge in [0.1, 0.15) is 0 Å². The number of benzene rings is 1. The van der Waals surface area contributed by atoms with Gasteiger partial charge in [0.05, 0.1) is 5.56 Å². The van der Waals surface area contributed by atoms with Gasteiger partial charge >= 0.3 is 6.18 Å². The predicted octanol–water partition coefficient (Wildman–Crippen LogP) is 7.76. The number of allylic oxidation sites excluding steroid dienone is 2. The molecule has 2 saturated carbocycles. The molecule has 0 heterocycles. The number of hydrogen-bond acceptors (Lipinski definition) is 0. The highest BCUT2D eigenvalue weighted by molar-refractivity contribution is 5.28. The van der Waals surface area contributed by atoms with E-state index < -0.39 is 11.7 Å². The molecule has 0 nitrogen and oxygen atoms in total. The average molecular weight is 389 g/mol. The van der Waals surface area contributed by atoms with Crippen LogP contribution in [0.1, 0.15) is 81.8 Å². The lowest BCUT2D eigenvalue weighted by atomic mass is 9.79. The number of hydrogen-bond donors (Lipinski definition) is 0. The van der Waals surface area contributed by atoms with Gasteiger partial charge in [-0.2, -0.15) is 13.2 Å². The molecule has 0 unspecified atom stereocenters. The summed E-state index contributed by atoms with van der Waals surface area (Å²) in [6.07, 6.45) is 10.8. The van der Waals surface area contributed by atoms with Gasteiger partial charge in [0, 0.05) is 5.92 Å². The van der Waals surface area contributed by atoms with Crippen LogP contribution in [0, 0.1) is 29.6 Å². The Morgan fingerprint density at radius 3 is 2.14 bits per heavy atom. The van der Waals surface area contributed by atoms with Crippen LogP contribution in [0.4, 0.5) is 13.2 Å². The van der Waals surface area contributed by atoms with Gasteiger partial charge in [-0.3, -0.25) is 0 Å². The van der Waals surface area contributed by atoms with E-state index in [4.69, 9.17) is 0 Å². The standard InChI is InChI=1S/C25H31F3/c1-2-19-7-9-20(10-8-19)5-3-4-6-21-11-13-22(14-12-21)23-15-17-24(18-16-23)25(26,27)28/h3,5,15-22H,2,7-14H2,1H3. The molecule has 28 heavy (non-hydrogen) atoms. The van der Waals surface area contributed by atoms with Crippen LogP contribution in [0.15, 0.2) is 36.4 Å². The van der Waals surface area contributed by atoms with Gasteiger partial charge in [0.2, 0.25) is 0 Å². The molecule has 2 aliphatic carbocycles. The smallest absolute Gasteiger partial charge is 0.166 e. The SMILES string of the molecule is CCC1CCC(C=CC#CC2CCC(c3ccc(C(F)(F)F)cc3)CC2)CC1. The van der Waals surface area contributed by atoms with Crippen LogP contribution >= 0.6 is 0 Å². The molecular weight excluding hydrogens is 357 g/mol. The van der Waals surface area contributed by atoms with Crippen molar-refractivity contribution in [2.75, 3.05) is 0 Å². The summed E-state index contributed by atoms with van der Waals surface area (Å²) in [5.41, 5.74) is 0.466. The Kier molecular flexibility index (Phi) is 7.27. The molecule has 2 aliphatic rings. The third-order valence-corrected chi connectivity index (χ3v) is 6.64. The Morgan fingerprint density at radius 1 is 0.929 bits per heavy atom. The maximum atomic E-state index is 12.7. The largest absolute Gasteiger partial charge is 0.416 e. The first-order valence-corrected chi connectivity index (χ1v) is 10.8. The first-order valence-electron chi connectivity index (χ1n) is 10.8. The minimum absolute atomic E-state index is 0.365. The molecule has 0 amide bonds. The second-order valence-corrected chi connectivity index (χ2v) is 8.51. The van der Waals surface area contributed by atoms with Crippen molar-refractivity contribution in [3.8, 4) is 11.8 Å². The van der Waals surface area contributed by atoms with Crippen LogP contribution in [0.5, 0.6) is 0 Å². The highest BCUT2D eigenvalue weighted by atomic mass is 19.4. The summed E-state index contributed by atoms with van der Waals surface area (Å²) in [5, 5.41) is 0. The molecule has 1 aromatic rings. The fourth-order valence-corrected chi connectivity index (χ4v) is 4.65. The van der Waals surface area contributed by atoms with Crippen LogP contribution < -0.4 is 0 Å². The summed E-state index contributed by atoms with van der Waals surface area (Å²) < 4.78 is 38.1. The molecule has 0 saturated heterocycles. The van der Waals surface area contributed by atoms with Crippen LogP contribution in [0.3, 0.4) is 0 Å². The molecule has 0 N–H and O–H groups in total. The predicted molar refractivity (Wildman–Crippen MR) is 109 cm³/mol. The Labute approximate surface area is 167 Å². The molecule has 152 valence electrons. The van der Waals surface area contributed by atoms with Gasteiger partial charge in [0.15, 0.2) is 0 Å². The van der Waals surface area contributed by atoms with E-state index in [0.29, 0.717) is 17.8 Å². The van der Waals surface area contributed by atoms with Crippen molar-refractivity contribution >= 4 is 0 Å². The lowest BCUT2D eigenvalue weighted by Crippen LogP contribution is -2.12. The lowest BCUT2D eigenvalue weighted by molar-refractivity contribution is -0.137. The monoisotopic (exact) mass is 388 g/mol. The third kappa shape index (κ3) is 5.90. The minimum Gasteiger partial charge on any atom is -0.166 e. The number of halogens is 3. The van der Waals surface area contributed by atoms with E-state index in [2.05, 4.69) is 30.9 Å². The summed E-state index contributed by atoms with van der Waals surface area (Å²) in [6, 6.07) is 5.71. The van der Waals surface area contributed by atoms with Crippen LogP contribution in [-0.2, 0) is 6.18 Å². The molecule has 3 rings (SSSR count). The molecule has 2 fully saturated rings. The summed E-state index contributed by atoms with van der Waals surface area (Å²) in [4.78, 5) is 0. The molecule has 0 bridgehead atoms. The van der Waals surface area contributed by atoms with E-state index in [1.165, 1.54) is 44.2 Å². The van der Waals surface area contributed by atoms with E-state index in [1.807, 2.05) is 0 Å². The number of rotatable bonds is 3. The van der Waals surface area contributed by atoms with Crippen molar-refractivity contribution in [1.82, 2.24) is 0 Å². The normalized spacial score (nSPS) is 28.7. The summed E-state index contributed by atoms with van der Waals surface area (Å²) in [6.45, 7) is 2.29. The number of alkyl halides is 3. The Morgan fingerprint density at radius 2 is 1.57 bits per heavy atom. The highest BCUT2D eigenvalue weighted by Gasteiger charge is 2.30. The van der Waals surface area contributed by atoms with Gasteiger partial charge in [-0.25, -0.2) is 0 Å². The van der Waals surface area contributed by atoms with Crippen molar-refractivity contribution in [1.29, 1.82) is 0 Å². The van der Waals surface area contributed by atoms with Crippen molar-refractivity contribution in [2.45, 2.75) is 76.8 Å². The zero-order valence-corrected chi connectivity index (χ0v) is 16.8. The van der Waals surface area contributed by atoms with Gasteiger partial charge in [-0.15, -0.1) is 0 Å². The van der Waals surface area contributed by atoms with Crippen LogP contribution in [-0.4, -0.2) is 0 Å². The molecule has 3 heteroatoms. The average Bonchev–Trinajstić information content (AvgIpc) is 2.71. The summed E-state index contributed by atoms with van der Waals surface area (Å²) >= 11 is 0. The quantitative estimate of drug-likeness (QED) is 0.464. The molecule has 1 aromatic carbocycles. The van der Waals surface area contributed by atoms with Gasteiger partial charge in [0.25, 0.3) is 0 Å². The maximum Gasteiger partial charge on any atom is 0.416 e. The zero-order valence-electron chi connectivity index (χ0n) is 16.8. The van der Waals surface area contributed by atoms with E-state index in [1.54, 1.807) is 12.1 Å². The fourth-order valence-electron chi connectivity index (χ4n) is 4.65. The molecule has 0 aromatic heterocycles. The van der Waals surface area contributed by atoms with Crippen LogP contribution in [0.2, 0.25) is 0 Å². The van der Waals surface area contributed by atoms with Crippen molar-refractivity contribution in [3.05, 3.63) is 47.5 Å². The van der Waals surface area contributed by atoms with Crippen LogP contribution in [0.25, 0.3) is 0 Å². The maximum absolute atomic E-state index is 12.7. The van der Waals surface area contributed by atoms with Crippen molar-refractivity contribution in [3.63, 3.8) is 0 Å². The molecule has 0 spiro atoms. The van der Waals surface area contributed by atoms with Crippen molar-refractivity contribution in [2.24, 2.45) is 17.8 Å². The van der Waals surface area contributed by atoms with E-state index in [-0.39, 0.29) is 0 Å². The Balaban J connectivity index is 1.43. The molecule has 0 radical (unpaired) electrons.